The standard InChI is InChI=1S/C19H26N8O/c1-3-14-12-18(28)24-27(14)17-6-7-20-19(23-17)22-16-5-4-15(13-21-16)26-10-8-25(2)9-11-26/h4-7,13-14H,3,8-12H2,1-2H3,(H,24,28)(H,20,21,22,23). The molecule has 2 aliphatic rings. The Morgan fingerprint density at radius 1 is 1.18 bits per heavy atom. The van der Waals surface area contributed by atoms with Gasteiger partial charge in [-0.15, -0.1) is 0 Å². The molecule has 28 heavy (non-hydrogen) atoms. The summed E-state index contributed by atoms with van der Waals surface area (Å²) in [6, 6.07) is 5.91. The van der Waals surface area contributed by atoms with Crippen LogP contribution in [0.4, 0.5) is 23.3 Å². The summed E-state index contributed by atoms with van der Waals surface area (Å²) in [7, 11) is 2.15. The van der Waals surface area contributed by atoms with Gasteiger partial charge < -0.3 is 15.1 Å². The molecule has 2 fully saturated rings. The molecule has 4 rings (SSSR count). The van der Waals surface area contributed by atoms with E-state index in [2.05, 4.69) is 55.5 Å². The number of carbonyl (C=O) groups excluding carboxylic acids is 1. The van der Waals surface area contributed by atoms with Crippen molar-refractivity contribution < 1.29 is 4.79 Å². The highest BCUT2D eigenvalue weighted by Gasteiger charge is 2.30. The first kappa shape index (κ1) is 18.4. The first-order valence-electron chi connectivity index (χ1n) is 9.70. The molecule has 0 aliphatic carbocycles. The van der Waals surface area contributed by atoms with E-state index in [1.807, 2.05) is 17.3 Å². The van der Waals surface area contributed by atoms with Crippen molar-refractivity contribution in [3.8, 4) is 0 Å². The summed E-state index contributed by atoms with van der Waals surface area (Å²) in [4.78, 5) is 29.7. The maximum Gasteiger partial charge on any atom is 0.240 e. The van der Waals surface area contributed by atoms with Gasteiger partial charge in [0.05, 0.1) is 24.3 Å². The van der Waals surface area contributed by atoms with Crippen molar-refractivity contribution in [2.45, 2.75) is 25.8 Å². The maximum absolute atomic E-state index is 11.7. The molecule has 1 unspecified atom stereocenters. The topological polar surface area (TPSA) is 89.5 Å². The molecule has 1 amide bonds. The van der Waals surface area contributed by atoms with Gasteiger partial charge in [0, 0.05) is 38.4 Å². The molecular weight excluding hydrogens is 356 g/mol. The molecule has 0 radical (unpaired) electrons. The third kappa shape index (κ3) is 3.99. The predicted octanol–water partition coefficient (Wildman–Crippen LogP) is 1.39. The molecular formula is C19H26N8O. The number of hydrogen-bond donors (Lipinski definition) is 2. The minimum absolute atomic E-state index is 0.0149. The second-order valence-electron chi connectivity index (χ2n) is 7.23. The second-order valence-corrected chi connectivity index (χ2v) is 7.23. The largest absolute Gasteiger partial charge is 0.368 e. The molecule has 1 atom stereocenters. The van der Waals surface area contributed by atoms with Crippen LogP contribution in [0.15, 0.2) is 30.6 Å². The number of hydrazine groups is 1. The molecule has 2 aromatic rings. The summed E-state index contributed by atoms with van der Waals surface area (Å²) >= 11 is 0. The molecule has 0 bridgehead atoms. The Balaban J connectivity index is 1.44. The molecule has 4 heterocycles. The van der Waals surface area contributed by atoms with E-state index in [-0.39, 0.29) is 11.9 Å². The van der Waals surface area contributed by atoms with E-state index in [0.29, 0.717) is 24.0 Å². The summed E-state index contributed by atoms with van der Waals surface area (Å²) in [5, 5.41) is 4.97. The molecule has 148 valence electrons. The zero-order valence-corrected chi connectivity index (χ0v) is 16.3. The summed E-state index contributed by atoms with van der Waals surface area (Å²) in [5.74, 6) is 1.83. The van der Waals surface area contributed by atoms with E-state index in [1.165, 1.54) is 0 Å². The van der Waals surface area contributed by atoms with Gasteiger partial charge in [0.2, 0.25) is 11.9 Å². The lowest BCUT2D eigenvalue weighted by molar-refractivity contribution is -0.119. The number of amides is 1. The smallest absolute Gasteiger partial charge is 0.240 e. The molecule has 0 saturated carbocycles. The Kier molecular flexibility index (Phi) is 5.25. The number of nitrogens with zero attached hydrogens (tertiary/aromatic N) is 6. The van der Waals surface area contributed by atoms with Gasteiger partial charge in [-0.3, -0.25) is 15.2 Å². The van der Waals surface area contributed by atoms with Crippen molar-refractivity contribution >= 4 is 29.2 Å². The van der Waals surface area contributed by atoms with Crippen LogP contribution in [-0.2, 0) is 4.79 Å². The van der Waals surface area contributed by atoms with Crippen LogP contribution < -0.4 is 20.7 Å². The van der Waals surface area contributed by atoms with Crippen molar-refractivity contribution in [3.05, 3.63) is 30.6 Å². The van der Waals surface area contributed by atoms with Crippen LogP contribution in [0.1, 0.15) is 19.8 Å². The molecule has 9 nitrogen and oxygen atoms in total. The van der Waals surface area contributed by atoms with Gasteiger partial charge >= 0.3 is 0 Å². The average Bonchev–Trinajstić information content (AvgIpc) is 3.10. The van der Waals surface area contributed by atoms with Gasteiger partial charge in [-0.1, -0.05) is 6.92 Å². The van der Waals surface area contributed by atoms with Gasteiger partial charge in [0.15, 0.2) is 5.82 Å². The molecule has 2 aliphatic heterocycles. The highest BCUT2D eigenvalue weighted by atomic mass is 16.2. The number of rotatable bonds is 5. The minimum Gasteiger partial charge on any atom is -0.368 e. The number of hydrogen-bond acceptors (Lipinski definition) is 8. The molecule has 0 aromatic carbocycles. The van der Waals surface area contributed by atoms with Gasteiger partial charge in [-0.25, -0.2) is 9.97 Å². The average molecular weight is 382 g/mol. The number of aromatic nitrogens is 3. The molecule has 2 N–H and O–H groups in total. The van der Waals surface area contributed by atoms with E-state index < -0.39 is 0 Å². The third-order valence-corrected chi connectivity index (χ3v) is 5.25. The van der Waals surface area contributed by atoms with Gasteiger partial charge in [0.1, 0.15) is 5.82 Å². The number of likely N-dealkylation sites (N-methyl/N-ethyl adjacent to an activating group) is 1. The second kappa shape index (κ2) is 7.97. The van der Waals surface area contributed by atoms with E-state index in [4.69, 9.17) is 0 Å². The lowest BCUT2D eigenvalue weighted by Crippen LogP contribution is -2.44. The fourth-order valence-electron chi connectivity index (χ4n) is 3.52. The van der Waals surface area contributed by atoms with E-state index in [1.54, 1.807) is 12.3 Å². The van der Waals surface area contributed by atoms with Gasteiger partial charge in [0.25, 0.3) is 0 Å². The van der Waals surface area contributed by atoms with Gasteiger partial charge in [-0.05, 0) is 25.6 Å². The first-order chi connectivity index (χ1) is 13.6. The van der Waals surface area contributed by atoms with Crippen molar-refractivity contribution in [1.82, 2.24) is 25.3 Å². The summed E-state index contributed by atoms with van der Waals surface area (Å²) in [5.41, 5.74) is 3.98. The van der Waals surface area contributed by atoms with Crippen LogP contribution in [-0.4, -0.2) is 65.0 Å². The van der Waals surface area contributed by atoms with Crippen molar-refractivity contribution in [1.29, 1.82) is 0 Å². The summed E-state index contributed by atoms with van der Waals surface area (Å²) < 4.78 is 0. The summed E-state index contributed by atoms with van der Waals surface area (Å²) in [6.07, 6.45) is 4.91. The predicted molar refractivity (Wildman–Crippen MR) is 109 cm³/mol. The molecule has 2 aromatic heterocycles. The zero-order valence-electron chi connectivity index (χ0n) is 16.3. The normalized spacial score (nSPS) is 20.4. The lowest BCUT2D eigenvalue weighted by atomic mass is 10.2. The number of nitrogens with one attached hydrogen (secondary N) is 2. The van der Waals surface area contributed by atoms with Crippen LogP contribution in [0.3, 0.4) is 0 Å². The Morgan fingerprint density at radius 2 is 2.00 bits per heavy atom. The Labute approximate surface area is 164 Å². The molecule has 0 spiro atoms. The first-order valence-corrected chi connectivity index (χ1v) is 9.70. The van der Waals surface area contributed by atoms with Crippen LogP contribution in [0.2, 0.25) is 0 Å². The fourth-order valence-corrected chi connectivity index (χ4v) is 3.52. The Hall–Kier alpha value is -2.94. The Morgan fingerprint density at radius 3 is 2.71 bits per heavy atom. The lowest BCUT2D eigenvalue weighted by Gasteiger charge is -2.33. The third-order valence-electron chi connectivity index (χ3n) is 5.25. The van der Waals surface area contributed by atoms with E-state index in [0.717, 1.165) is 38.3 Å². The monoisotopic (exact) mass is 382 g/mol. The summed E-state index contributed by atoms with van der Waals surface area (Å²) in [6.45, 7) is 6.20. The minimum atomic E-state index is 0.0149. The number of anilines is 4. The number of pyridine rings is 1. The molecule has 9 heteroatoms. The SMILES string of the molecule is CCC1CC(=O)NN1c1ccnc(Nc2ccc(N3CCN(C)CC3)cn2)n1. The maximum atomic E-state index is 11.7. The Bertz CT molecular complexity index is 819. The number of carbonyl (C=O) groups is 1. The zero-order chi connectivity index (χ0) is 19.5. The fraction of sp³-hybridized carbons (Fsp3) is 0.474. The number of piperazine rings is 1. The van der Waals surface area contributed by atoms with E-state index in [9.17, 15) is 4.79 Å². The van der Waals surface area contributed by atoms with Crippen LogP contribution >= 0.6 is 0 Å². The van der Waals surface area contributed by atoms with Crippen LogP contribution in [0.25, 0.3) is 0 Å². The highest BCUT2D eigenvalue weighted by Crippen LogP contribution is 2.23. The van der Waals surface area contributed by atoms with Crippen molar-refractivity contribution in [2.75, 3.05) is 48.5 Å². The highest BCUT2D eigenvalue weighted by molar-refractivity contribution is 5.82. The van der Waals surface area contributed by atoms with Crippen molar-refractivity contribution in [2.24, 2.45) is 0 Å². The quantitative estimate of drug-likeness (QED) is 0.802. The van der Waals surface area contributed by atoms with E-state index >= 15 is 0 Å². The van der Waals surface area contributed by atoms with Gasteiger partial charge in [-0.2, -0.15) is 4.98 Å². The molecule has 2 saturated heterocycles. The van der Waals surface area contributed by atoms with Crippen molar-refractivity contribution in [3.63, 3.8) is 0 Å². The van der Waals surface area contributed by atoms with Crippen LogP contribution in [0.5, 0.6) is 0 Å². The van der Waals surface area contributed by atoms with Crippen LogP contribution in [0, 0.1) is 0 Å².